The molecule has 92 valence electrons. The van der Waals surface area contributed by atoms with Crippen LogP contribution in [-0.4, -0.2) is 36.1 Å². The lowest BCUT2D eigenvalue weighted by Crippen LogP contribution is -2.43. The summed E-state index contributed by atoms with van der Waals surface area (Å²) in [7, 11) is 0. The number of anilines is 1. The highest BCUT2D eigenvalue weighted by Gasteiger charge is 2.20. The van der Waals surface area contributed by atoms with Crippen molar-refractivity contribution >= 4 is 5.82 Å². The zero-order chi connectivity index (χ0) is 11.5. The van der Waals surface area contributed by atoms with Crippen LogP contribution in [0.4, 0.5) is 5.82 Å². The molecular weight excluding hydrogens is 212 g/mol. The largest absolute Gasteiger partial charge is 0.354 e. The fourth-order valence-electron chi connectivity index (χ4n) is 2.87. The Labute approximate surface area is 102 Å². The normalized spacial score (nSPS) is 22.0. The van der Waals surface area contributed by atoms with Crippen LogP contribution in [0, 0.1) is 0 Å². The Morgan fingerprint density at radius 2 is 1.88 bits per heavy atom. The Balaban J connectivity index is 1.77. The maximum atomic E-state index is 4.46. The molecule has 1 saturated carbocycles. The molecule has 1 aliphatic heterocycles. The summed E-state index contributed by atoms with van der Waals surface area (Å²) in [5.74, 6) is 1.79. The van der Waals surface area contributed by atoms with E-state index in [4.69, 9.17) is 0 Å². The van der Waals surface area contributed by atoms with Crippen LogP contribution < -0.4 is 10.2 Å². The van der Waals surface area contributed by atoms with Crippen LogP contribution in [0.5, 0.6) is 0 Å². The van der Waals surface area contributed by atoms with E-state index in [-0.39, 0.29) is 0 Å². The summed E-state index contributed by atoms with van der Waals surface area (Å²) in [6, 6.07) is 2.21. The van der Waals surface area contributed by atoms with Crippen LogP contribution in [0.1, 0.15) is 37.3 Å². The second-order valence-electron chi connectivity index (χ2n) is 5.02. The molecule has 4 nitrogen and oxygen atoms in total. The van der Waals surface area contributed by atoms with Crippen molar-refractivity contribution in [2.75, 3.05) is 31.1 Å². The molecular formula is C13H20N4. The van der Waals surface area contributed by atoms with Gasteiger partial charge in [-0.2, -0.15) is 0 Å². The molecule has 3 rings (SSSR count). The number of hydrogen-bond acceptors (Lipinski definition) is 4. The second kappa shape index (κ2) is 5.00. The minimum atomic E-state index is 0.680. The molecule has 2 aliphatic rings. The quantitative estimate of drug-likeness (QED) is 0.840. The summed E-state index contributed by atoms with van der Waals surface area (Å²) in [6.07, 6.45) is 7.07. The first-order valence-corrected chi connectivity index (χ1v) is 6.71. The van der Waals surface area contributed by atoms with E-state index < -0.39 is 0 Å². The molecule has 4 heteroatoms. The molecule has 2 heterocycles. The van der Waals surface area contributed by atoms with Crippen molar-refractivity contribution in [2.45, 2.75) is 31.6 Å². The lowest BCUT2D eigenvalue weighted by Gasteiger charge is -2.28. The Bertz CT molecular complexity index is 367. The third kappa shape index (κ3) is 2.41. The lowest BCUT2D eigenvalue weighted by atomic mass is 10.0. The van der Waals surface area contributed by atoms with Gasteiger partial charge in [-0.15, -0.1) is 0 Å². The van der Waals surface area contributed by atoms with Gasteiger partial charge in [0.15, 0.2) is 0 Å². The van der Waals surface area contributed by atoms with Gasteiger partial charge in [-0.3, -0.25) is 0 Å². The molecule has 1 saturated heterocycles. The summed E-state index contributed by atoms with van der Waals surface area (Å²) in [6.45, 7) is 4.23. The molecule has 0 spiro atoms. The molecule has 0 atom stereocenters. The van der Waals surface area contributed by atoms with Crippen molar-refractivity contribution in [2.24, 2.45) is 0 Å². The van der Waals surface area contributed by atoms with E-state index in [9.17, 15) is 0 Å². The van der Waals surface area contributed by atoms with Gasteiger partial charge in [-0.25, -0.2) is 9.97 Å². The molecule has 0 radical (unpaired) electrons. The first kappa shape index (κ1) is 11.0. The number of nitrogens with one attached hydrogen (secondary N) is 1. The third-order valence-corrected chi connectivity index (χ3v) is 3.89. The van der Waals surface area contributed by atoms with Gasteiger partial charge in [-0.05, 0) is 12.8 Å². The lowest BCUT2D eigenvalue weighted by molar-refractivity contribution is 0.583. The van der Waals surface area contributed by atoms with E-state index in [0.29, 0.717) is 5.92 Å². The SMILES string of the molecule is c1nc(C2CCCC2)cc(N2CCNCC2)n1. The summed E-state index contributed by atoms with van der Waals surface area (Å²) < 4.78 is 0. The molecule has 1 N–H and O–H groups in total. The van der Waals surface area contributed by atoms with E-state index >= 15 is 0 Å². The Morgan fingerprint density at radius 3 is 2.65 bits per heavy atom. The van der Waals surface area contributed by atoms with Crippen molar-refractivity contribution in [1.82, 2.24) is 15.3 Å². The van der Waals surface area contributed by atoms with Gasteiger partial charge in [0.1, 0.15) is 12.1 Å². The summed E-state index contributed by atoms with van der Waals surface area (Å²) >= 11 is 0. The fourth-order valence-corrected chi connectivity index (χ4v) is 2.87. The van der Waals surface area contributed by atoms with Crippen molar-refractivity contribution in [3.05, 3.63) is 18.1 Å². The van der Waals surface area contributed by atoms with Gasteiger partial charge in [0.25, 0.3) is 0 Å². The number of piperazine rings is 1. The van der Waals surface area contributed by atoms with Gasteiger partial charge in [0, 0.05) is 43.9 Å². The Hall–Kier alpha value is -1.16. The second-order valence-corrected chi connectivity index (χ2v) is 5.02. The van der Waals surface area contributed by atoms with Crippen LogP contribution in [0.3, 0.4) is 0 Å². The Morgan fingerprint density at radius 1 is 1.12 bits per heavy atom. The molecule has 0 aromatic carbocycles. The van der Waals surface area contributed by atoms with Gasteiger partial charge in [0.2, 0.25) is 0 Å². The van der Waals surface area contributed by atoms with Crippen molar-refractivity contribution in [1.29, 1.82) is 0 Å². The fraction of sp³-hybridized carbons (Fsp3) is 0.692. The molecule has 1 aliphatic carbocycles. The predicted molar refractivity (Wildman–Crippen MR) is 68.3 cm³/mol. The van der Waals surface area contributed by atoms with Crippen LogP contribution in [0.25, 0.3) is 0 Å². The third-order valence-electron chi connectivity index (χ3n) is 3.89. The van der Waals surface area contributed by atoms with Crippen LogP contribution in [0.2, 0.25) is 0 Å². The smallest absolute Gasteiger partial charge is 0.132 e. The van der Waals surface area contributed by atoms with Gasteiger partial charge >= 0.3 is 0 Å². The number of nitrogens with zero attached hydrogens (tertiary/aromatic N) is 3. The maximum Gasteiger partial charge on any atom is 0.132 e. The summed E-state index contributed by atoms with van der Waals surface area (Å²) in [5.41, 5.74) is 1.26. The molecule has 0 unspecified atom stereocenters. The highest BCUT2D eigenvalue weighted by Crippen LogP contribution is 2.33. The summed E-state index contributed by atoms with van der Waals surface area (Å²) in [4.78, 5) is 11.2. The highest BCUT2D eigenvalue weighted by molar-refractivity contribution is 5.40. The average molecular weight is 232 g/mol. The minimum Gasteiger partial charge on any atom is -0.354 e. The monoisotopic (exact) mass is 232 g/mol. The van der Waals surface area contributed by atoms with Crippen molar-refractivity contribution in [3.63, 3.8) is 0 Å². The van der Waals surface area contributed by atoms with Crippen molar-refractivity contribution < 1.29 is 0 Å². The van der Waals surface area contributed by atoms with E-state index in [1.54, 1.807) is 6.33 Å². The molecule has 17 heavy (non-hydrogen) atoms. The average Bonchev–Trinajstić information content (AvgIpc) is 2.94. The topological polar surface area (TPSA) is 41.1 Å². The highest BCUT2D eigenvalue weighted by atomic mass is 15.2. The van der Waals surface area contributed by atoms with Crippen LogP contribution >= 0.6 is 0 Å². The molecule has 2 fully saturated rings. The summed E-state index contributed by atoms with van der Waals surface area (Å²) in [5, 5.41) is 3.37. The molecule has 1 aromatic heterocycles. The number of aromatic nitrogens is 2. The van der Waals surface area contributed by atoms with Crippen molar-refractivity contribution in [3.8, 4) is 0 Å². The standard InChI is InChI=1S/C13H20N4/c1-2-4-11(3-1)12-9-13(16-10-15-12)17-7-5-14-6-8-17/h9-11,14H,1-8H2. The molecule has 0 amide bonds. The predicted octanol–water partition coefficient (Wildman–Crippen LogP) is 1.54. The van der Waals surface area contributed by atoms with E-state index in [0.717, 1.165) is 32.0 Å². The first-order valence-electron chi connectivity index (χ1n) is 6.71. The molecule has 0 bridgehead atoms. The number of hydrogen-bond donors (Lipinski definition) is 1. The van der Waals surface area contributed by atoms with Crippen LogP contribution in [-0.2, 0) is 0 Å². The maximum absolute atomic E-state index is 4.46. The zero-order valence-corrected chi connectivity index (χ0v) is 10.2. The zero-order valence-electron chi connectivity index (χ0n) is 10.2. The Kier molecular flexibility index (Phi) is 3.22. The number of rotatable bonds is 2. The first-order chi connectivity index (χ1) is 8.43. The van der Waals surface area contributed by atoms with E-state index in [2.05, 4.69) is 26.3 Å². The minimum absolute atomic E-state index is 0.680. The van der Waals surface area contributed by atoms with Gasteiger partial charge < -0.3 is 10.2 Å². The van der Waals surface area contributed by atoms with Crippen LogP contribution in [0.15, 0.2) is 12.4 Å². The van der Waals surface area contributed by atoms with Gasteiger partial charge in [-0.1, -0.05) is 12.8 Å². The van der Waals surface area contributed by atoms with Gasteiger partial charge in [0.05, 0.1) is 0 Å². The van der Waals surface area contributed by atoms with E-state index in [1.807, 2.05) is 0 Å². The van der Waals surface area contributed by atoms with E-state index in [1.165, 1.54) is 31.4 Å². The molecule has 1 aromatic rings.